The van der Waals surface area contributed by atoms with Crippen LogP contribution in [0.1, 0.15) is 58.2 Å². The molecule has 2 amide bonds. The van der Waals surface area contributed by atoms with Gasteiger partial charge in [-0.1, -0.05) is 39.0 Å². The van der Waals surface area contributed by atoms with E-state index in [1.165, 1.54) is 0 Å². The van der Waals surface area contributed by atoms with E-state index in [0.29, 0.717) is 13.1 Å². The molecule has 2 rings (SSSR count). The van der Waals surface area contributed by atoms with Crippen molar-refractivity contribution in [2.75, 3.05) is 25.5 Å². The lowest BCUT2D eigenvalue weighted by Gasteiger charge is -2.30. The molecule has 1 aromatic carbocycles. The topological polar surface area (TPSA) is 53.4 Å². The Morgan fingerprint density at radius 1 is 1.14 bits per heavy atom. The summed E-state index contributed by atoms with van der Waals surface area (Å²) in [5.41, 5.74) is 3.16. The molecular formula is C22H35N5O. The van der Waals surface area contributed by atoms with Crippen LogP contribution in [0.4, 0.5) is 10.6 Å². The van der Waals surface area contributed by atoms with Crippen molar-refractivity contribution in [2.45, 2.75) is 59.5 Å². The first-order chi connectivity index (χ1) is 13.3. The summed E-state index contributed by atoms with van der Waals surface area (Å²) >= 11 is 0. The Morgan fingerprint density at radius 3 is 2.29 bits per heavy atom. The van der Waals surface area contributed by atoms with Gasteiger partial charge in [0.2, 0.25) is 0 Å². The number of aromatic nitrogens is 2. The molecule has 6 nitrogen and oxygen atoms in total. The van der Waals surface area contributed by atoms with E-state index in [-0.39, 0.29) is 18.0 Å². The van der Waals surface area contributed by atoms with Crippen LogP contribution >= 0.6 is 0 Å². The molecule has 1 atom stereocenters. The number of hydrogen-bond donors (Lipinski definition) is 1. The van der Waals surface area contributed by atoms with E-state index in [1.807, 2.05) is 48.8 Å². The van der Waals surface area contributed by atoms with E-state index in [1.54, 1.807) is 0 Å². The van der Waals surface area contributed by atoms with Crippen molar-refractivity contribution in [1.29, 1.82) is 0 Å². The van der Waals surface area contributed by atoms with Crippen LogP contribution in [0.2, 0.25) is 0 Å². The SMILES string of the molecule is CCNC(=O)N(Cc1c(C(C)C)nn(-c2ccccc2)c1N(C)C)[C@H](C)CC. The maximum atomic E-state index is 12.8. The molecule has 0 radical (unpaired) electrons. The van der Waals surface area contributed by atoms with E-state index in [4.69, 9.17) is 5.10 Å². The minimum absolute atomic E-state index is 0.0243. The van der Waals surface area contributed by atoms with Gasteiger partial charge in [-0.3, -0.25) is 0 Å². The quantitative estimate of drug-likeness (QED) is 0.733. The standard InChI is InChI=1S/C22H35N5O/c1-8-17(5)26(22(28)23-9-2)15-19-20(16(3)4)24-27(21(19)25(6)7)18-13-11-10-12-14-18/h10-14,16-17H,8-9,15H2,1-7H3,(H,23,28)/t17-/m1/s1. The van der Waals surface area contributed by atoms with Crippen molar-refractivity contribution >= 4 is 11.8 Å². The number of carbonyl (C=O) groups is 1. The second kappa shape index (κ2) is 9.62. The molecule has 154 valence electrons. The summed E-state index contributed by atoms with van der Waals surface area (Å²) in [5, 5.41) is 7.92. The van der Waals surface area contributed by atoms with Gasteiger partial charge >= 0.3 is 6.03 Å². The van der Waals surface area contributed by atoms with E-state index >= 15 is 0 Å². The number of carbonyl (C=O) groups excluding carboxylic acids is 1. The van der Waals surface area contributed by atoms with Crippen LogP contribution in [0.25, 0.3) is 5.69 Å². The van der Waals surface area contributed by atoms with Crippen LogP contribution in [0, 0.1) is 0 Å². The lowest BCUT2D eigenvalue weighted by atomic mass is 10.0. The molecule has 1 heterocycles. The molecule has 0 unspecified atom stereocenters. The fourth-order valence-electron chi connectivity index (χ4n) is 3.35. The number of anilines is 1. The number of rotatable bonds is 8. The van der Waals surface area contributed by atoms with Gasteiger partial charge < -0.3 is 15.1 Å². The predicted octanol–water partition coefficient (Wildman–Crippen LogP) is 4.39. The molecule has 0 bridgehead atoms. The van der Waals surface area contributed by atoms with Gasteiger partial charge in [0.05, 0.1) is 17.9 Å². The van der Waals surface area contributed by atoms with Crippen LogP contribution in [0.5, 0.6) is 0 Å². The Hall–Kier alpha value is -2.50. The third-order valence-electron chi connectivity index (χ3n) is 5.00. The summed E-state index contributed by atoms with van der Waals surface area (Å²) in [5.74, 6) is 1.28. The van der Waals surface area contributed by atoms with Gasteiger partial charge in [-0.25, -0.2) is 9.48 Å². The molecule has 0 saturated carbocycles. The number of urea groups is 1. The van der Waals surface area contributed by atoms with Crippen LogP contribution in [-0.2, 0) is 6.54 Å². The van der Waals surface area contributed by atoms with E-state index in [9.17, 15) is 4.79 Å². The molecule has 2 aromatic rings. The zero-order valence-electron chi connectivity index (χ0n) is 18.4. The van der Waals surface area contributed by atoms with E-state index < -0.39 is 0 Å². The fourth-order valence-corrected chi connectivity index (χ4v) is 3.35. The van der Waals surface area contributed by atoms with Gasteiger partial charge in [-0.2, -0.15) is 5.10 Å². The van der Waals surface area contributed by atoms with Gasteiger partial charge in [0, 0.05) is 32.2 Å². The van der Waals surface area contributed by atoms with Gasteiger partial charge in [0.25, 0.3) is 0 Å². The minimum Gasteiger partial charge on any atom is -0.362 e. The summed E-state index contributed by atoms with van der Waals surface area (Å²) < 4.78 is 2.00. The highest BCUT2D eigenvalue weighted by Gasteiger charge is 2.27. The van der Waals surface area contributed by atoms with Crippen molar-refractivity contribution < 1.29 is 4.79 Å². The van der Waals surface area contributed by atoms with Crippen molar-refractivity contribution in [2.24, 2.45) is 0 Å². The fraction of sp³-hybridized carbons (Fsp3) is 0.545. The molecule has 0 aliphatic carbocycles. The van der Waals surface area contributed by atoms with Crippen LogP contribution in [-0.4, -0.2) is 47.4 Å². The maximum Gasteiger partial charge on any atom is 0.317 e. The Labute approximate surface area is 169 Å². The molecule has 1 N–H and O–H groups in total. The highest BCUT2D eigenvalue weighted by atomic mass is 16.2. The van der Waals surface area contributed by atoms with E-state index in [2.05, 4.69) is 50.0 Å². The highest BCUT2D eigenvalue weighted by Crippen LogP contribution is 2.32. The normalized spacial score (nSPS) is 12.1. The third-order valence-corrected chi connectivity index (χ3v) is 5.00. The number of hydrogen-bond acceptors (Lipinski definition) is 3. The molecule has 28 heavy (non-hydrogen) atoms. The Balaban J connectivity index is 2.60. The predicted molar refractivity (Wildman–Crippen MR) is 116 cm³/mol. The average Bonchev–Trinajstić information content (AvgIpc) is 3.06. The Kier molecular flexibility index (Phi) is 7.49. The lowest BCUT2D eigenvalue weighted by molar-refractivity contribution is 0.173. The summed E-state index contributed by atoms with van der Waals surface area (Å²) in [7, 11) is 4.06. The second-order valence-corrected chi connectivity index (χ2v) is 7.70. The zero-order valence-corrected chi connectivity index (χ0v) is 18.4. The van der Waals surface area contributed by atoms with Gasteiger partial charge in [-0.05, 0) is 38.3 Å². The molecule has 0 aliphatic heterocycles. The monoisotopic (exact) mass is 385 g/mol. The summed E-state index contributed by atoms with van der Waals surface area (Å²) in [6.45, 7) is 11.6. The van der Waals surface area contributed by atoms with E-state index in [0.717, 1.165) is 29.2 Å². The van der Waals surface area contributed by atoms with Gasteiger partial charge in [0.1, 0.15) is 5.82 Å². The van der Waals surface area contributed by atoms with Gasteiger partial charge in [0.15, 0.2) is 0 Å². The first-order valence-corrected chi connectivity index (χ1v) is 10.2. The molecule has 6 heteroatoms. The maximum absolute atomic E-state index is 12.8. The Bertz CT molecular complexity index is 767. The van der Waals surface area contributed by atoms with Crippen LogP contribution < -0.4 is 10.2 Å². The first-order valence-electron chi connectivity index (χ1n) is 10.2. The molecule has 0 fully saturated rings. The number of amides is 2. The average molecular weight is 386 g/mol. The molecule has 1 aromatic heterocycles. The first kappa shape index (κ1) is 21.8. The van der Waals surface area contributed by atoms with Crippen LogP contribution in [0.3, 0.4) is 0 Å². The van der Waals surface area contributed by atoms with Crippen molar-refractivity contribution in [3.63, 3.8) is 0 Å². The van der Waals surface area contributed by atoms with Crippen molar-refractivity contribution in [3.8, 4) is 5.69 Å². The molecule has 0 spiro atoms. The molecular weight excluding hydrogens is 350 g/mol. The lowest BCUT2D eigenvalue weighted by Crippen LogP contribution is -2.44. The molecule has 0 aliphatic rings. The summed E-state index contributed by atoms with van der Waals surface area (Å²) in [6.07, 6.45) is 0.901. The molecule has 0 saturated heterocycles. The smallest absolute Gasteiger partial charge is 0.317 e. The summed E-state index contributed by atoms with van der Waals surface area (Å²) in [6, 6.07) is 10.3. The van der Waals surface area contributed by atoms with Crippen molar-refractivity contribution in [1.82, 2.24) is 20.0 Å². The Morgan fingerprint density at radius 2 is 1.79 bits per heavy atom. The second-order valence-electron chi connectivity index (χ2n) is 7.70. The number of nitrogens with zero attached hydrogens (tertiary/aromatic N) is 4. The number of benzene rings is 1. The largest absolute Gasteiger partial charge is 0.362 e. The van der Waals surface area contributed by atoms with Crippen LogP contribution in [0.15, 0.2) is 30.3 Å². The number of nitrogens with one attached hydrogen (secondary N) is 1. The minimum atomic E-state index is -0.0243. The van der Waals surface area contributed by atoms with Gasteiger partial charge in [-0.15, -0.1) is 0 Å². The highest BCUT2D eigenvalue weighted by molar-refractivity contribution is 5.75. The summed E-state index contributed by atoms with van der Waals surface area (Å²) in [4.78, 5) is 16.8. The number of para-hydroxylation sites is 1. The zero-order chi connectivity index (χ0) is 20.8. The van der Waals surface area contributed by atoms with Crippen molar-refractivity contribution in [3.05, 3.63) is 41.6 Å². The third kappa shape index (κ3) is 4.66.